The third-order valence-corrected chi connectivity index (χ3v) is 11.1. The highest BCUT2D eigenvalue weighted by Gasteiger charge is 2.36. The normalized spacial score (nSPS) is 18.8. The number of carboxylic acid groups (broad SMARTS) is 1. The number of methoxy groups -OCH3 is 2. The first-order valence-corrected chi connectivity index (χ1v) is 21.1. The van der Waals surface area contributed by atoms with Crippen LogP contribution in [-0.4, -0.2) is 131 Å². The molecule has 4 aliphatic heterocycles. The monoisotopic (exact) mass is 866 g/mol. The van der Waals surface area contributed by atoms with Gasteiger partial charge in [-0.3, -0.25) is 24.4 Å². The van der Waals surface area contributed by atoms with Gasteiger partial charge in [0.2, 0.25) is 0 Å². The summed E-state index contributed by atoms with van der Waals surface area (Å²) in [7, 11) is 3.07. The largest absolute Gasteiger partial charge is 0.493 e. The van der Waals surface area contributed by atoms with Crippen molar-refractivity contribution in [3.05, 3.63) is 88.0 Å². The molecule has 16 heteroatoms. The van der Waals surface area contributed by atoms with Crippen LogP contribution in [0.3, 0.4) is 0 Å². The van der Waals surface area contributed by atoms with E-state index in [2.05, 4.69) is 12.2 Å². The van der Waals surface area contributed by atoms with E-state index < -0.39 is 5.97 Å². The zero-order valence-electron chi connectivity index (χ0n) is 36.1. The number of benzene rings is 3. The van der Waals surface area contributed by atoms with Gasteiger partial charge in [0.1, 0.15) is 25.6 Å². The molecular formula is C47H54N4O12. The first-order chi connectivity index (χ1) is 30.7. The van der Waals surface area contributed by atoms with Gasteiger partial charge in [-0.15, -0.1) is 0 Å². The van der Waals surface area contributed by atoms with Crippen molar-refractivity contribution in [3.63, 3.8) is 0 Å². The Morgan fingerprint density at radius 3 is 1.54 bits per heavy atom. The molecule has 0 spiro atoms. The van der Waals surface area contributed by atoms with Crippen molar-refractivity contribution in [2.75, 3.05) is 73.6 Å². The van der Waals surface area contributed by atoms with E-state index in [0.717, 1.165) is 24.0 Å². The topological polar surface area (TPSA) is 176 Å². The number of carbonyl (C=O) groups excluding carboxylic acids is 2. The Balaban J connectivity index is 1.04. The molecule has 334 valence electrons. The third-order valence-electron chi connectivity index (χ3n) is 11.1. The van der Waals surface area contributed by atoms with Gasteiger partial charge < -0.3 is 52.8 Å². The number of rotatable bonds is 21. The molecule has 7 rings (SSSR count). The SMILES string of the molecule is C/C=C1\C[C@H]2C=Nc3cc(OCc4cc(COc5cc6c(cc5OC)C(=O)N5C/C(=C/C)C[C@H]5C=N6)cc(OCCOCCOCCOCCC(=O)O)c4)c(OC)cc3C(=O)N2C1. The molecule has 1 N–H and O–H groups in total. The summed E-state index contributed by atoms with van der Waals surface area (Å²) in [6.07, 6.45) is 9.22. The molecule has 2 fully saturated rings. The number of hydrogen-bond donors (Lipinski definition) is 1. The van der Waals surface area contributed by atoms with Crippen LogP contribution in [-0.2, 0) is 32.2 Å². The van der Waals surface area contributed by atoms with Gasteiger partial charge in [-0.1, -0.05) is 23.3 Å². The molecule has 2 atom stereocenters. The van der Waals surface area contributed by atoms with Crippen LogP contribution in [0.15, 0.2) is 75.7 Å². The maximum Gasteiger partial charge on any atom is 0.305 e. The number of nitrogens with zero attached hydrogens (tertiary/aromatic N) is 4. The van der Waals surface area contributed by atoms with Crippen LogP contribution in [0.1, 0.15) is 65.0 Å². The summed E-state index contributed by atoms with van der Waals surface area (Å²) in [5, 5.41) is 8.69. The maximum atomic E-state index is 13.6. The lowest BCUT2D eigenvalue weighted by Gasteiger charge is -2.20. The second-order valence-corrected chi connectivity index (χ2v) is 15.3. The molecule has 63 heavy (non-hydrogen) atoms. The van der Waals surface area contributed by atoms with Gasteiger partial charge in [-0.05, 0) is 68.1 Å². The number of carboxylic acids is 1. The number of carbonyl (C=O) groups is 3. The Morgan fingerprint density at radius 1 is 0.635 bits per heavy atom. The fraction of sp³-hybridized carbons (Fsp3) is 0.426. The van der Waals surface area contributed by atoms with Gasteiger partial charge in [-0.25, -0.2) is 0 Å². The van der Waals surface area contributed by atoms with Crippen LogP contribution in [0, 0.1) is 0 Å². The van der Waals surface area contributed by atoms with Crippen molar-refractivity contribution in [1.82, 2.24) is 9.80 Å². The summed E-state index contributed by atoms with van der Waals surface area (Å²) in [5.74, 6) is 1.11. The smallest absolute Gasteiger partial charge is 0.305 e. The molecule has 2 amide bonds. The van der Waals surface area contributed by atoms with Gasteiger partial charge in [0.15, 0.2) is 23.0 Å². The third kappa shape index (κ3) is 11.1. The van der Waals surface area contributed by atoms with E-state index in [-0.39, 0.29) is 56.7 Å². The summed E-state index contributed by atoms with van der Waals surface area (Å²) in [6.45, 7) is 7.35. The van der Waals surface area contributed by atoms with Crippen molar-refractivity contribution in [1.29, 1.82) is 0 Å². The van der Waals surface area contributed by atoms with Crippen molar-refractivity contribution < 1.29 is 57.4 Å². The molecule has 0 unspecified atom stereocenters. The van der Waals surface area contributed by atoms with Gasteiger partial charge in [0.05, 0.1) is 94.9 Å². The van der Waals surface area contributed by atoms with E-state index in [1.807, 2.05) is 54.3 Å². The molecule has 0 bridgehead atoms. The van der Waals surface area contributed by atoms with E-state index in [0.29, 0.717) is 97.4 Å². The number of allylic oxidation sites excluding steroid dienone is 2. The lowest BCUT2D eigenvalue weighted by Crippen LogP contribution is -2.35. The van der Waals surface area contributed by atoms with Crippen molar-refractivity contribution >= 4 is 41.6 Å². The molecule has 0 aliphatic carbocycles. The molecule has 0 radical (unpaired) electrons. The molecule has 4 aliphatic rings. The Labute approximate surface area is 366 Å². The Kier molecular flexibility index (Phi) is 15.1. The van der Waals surface area contributed by atoms with Crippen molar-refractivity contribution in [2.24, 2.45) is 9.98 Å². The van der Waals surface area contributed by atoms with E-state index in [1.54, 1.807) is 24.3 Å². The second-order valence-electron chi connectivity index (χ2n) is 15.3. The minimum absolute atomic E-state index is 0.0486. The standard InChI is InChI=1S/C47H54N4O12/c1-5-30-16-34-24-48-39-22-43(41(56-3)20-37(39)46(54)50(34)26-30)62-28-32-15-33(19-36(18-32)61-14-13-60-12-11-59-10-9-58-8-7-45(52)53)29-63-44-23-40-38(21-42(44)57-4)47(55)51-27-31(6-2)17-35(51)25-49-40/h5-6,15,18-25,34-35H,7-14,16-17,26-29H2,1-4H3,(H,52,53)/b30-5+,31-6+/t34-,35-/m0/s1. The summed E-state index contributed by atoms with van der Waals surface area (Å²) < 4.78 is 46.7. The molecule has 16 nitrogen and oxygen atoms in total. The zero-order chi connectivity index (χ0) is 44.3. The van der Waals surface area contributed by atoms with Crippen LogP contribution in [0.4, 0.5) is 11.4 Å². The number of aliphatic carboxylic acids is 1. The zero-order valence-corrected chi connectivity index (χ0v) is 36.1. The molecule has 3 aromatic carbocycles. The molecule has 3 aromatic rings. The number of fused-ring (bicyclic) bond motifs is 4. The lowest BCUT2D eigenvalue weighted by atomic mass is 10.1. The molecular weight excluding hydrogens is 813 g/mol. The maximum absolute atomic E-state index is 13.6. The van der Waals surface area contributed by atoms with E-state index in [1.165, 1.54) is 25.4 Å². The first kappa shape index (κ1) is 44.8. The highest BCUT2D eigenvalue weighted by molar-refractivity contribution is 6.04. The summed E-state index contributed by atoms with van der Waals surface area (Å²) in [6, 6.07) is 12.3. The fourth-order valence-corrected chi connectivity index (χ4v) is 7.75. The molecule has 0 saturated carbocycles. The fourth-order valence-electron chi connectivity index (χ4n) is 7.75. The van der Waals surface area contributed by atoms with E-state index in [4.69, 9.17) is 53.0 Å². The molecule has 2 saturated heterocycles. The minimum Gasteiger partial charge on any atom is -0.493 e. The van der Waals surface area contributed by atoms with Gasteiger partial charge in [-0.2, -0.15) is 0 Å². The van der Waals surface area contributed by atoms with E-state index >= 15 is 0 Å². The predicted octanol–water partition coefficient (Wildman–Crippen LogP) is 6.52. The Bertz CT molecular complexity index is 2150. The van der Waals surface area contributed by atoms with Gasteiger partial charge >= 0.3 is 5.97 Å². The quantitative estimate of drug-likeness (QED) is 0.0908. The Morgan fingerprint density at radius 2 is 1.10 bits per heavy atom. The average Bonchev–Trinajstić information content (AvgIpc) is 3.86. The second kappa shape index (κ2) is 21.2. The molecule has 4 heterocycles. The number of ether oxygens (including phenoxy) is 8. The highest BCUT2D eigenvalue weighted by Crippen LogP contribution is 2.41. The van der Waals surface area contributed by atoms with Crippen molar-refractivity contribution in [2.45, 2.75) is 58.4 Å². The number of hydrogen-bond acceptors (Lipinski definition) is 13. The minimum atomic E-state index is -0.906. The van der Waals surface area contributed by atoms with Crippen LogP contribution < -0.4 is 23.7 Å². The van der Waals surface area contributed by atoms with Crippen LogP contribution >= 0.6 is 0 Å². The highest BCUT2D eigenvalue weighted by atomic mass is 16.6. The van der Waals surface area contributed by atoms with Crippen molar-refractivity contribution in [3.8, 4) is 28.7 Å². The predicted molar refractivity (Wildman–Crippen MR) is 234 cm³/mol. The number of aliphatic imine (C=N–C) groups is 2. The Hall–Kier alpha value is -6.23. The van der Waals surface area contributed by atoms with Gasteiger partial charge in [0.25, 0.3) is 11.8 Å². The average molecular weight is 867 g/mol. The summed E-state index contributed by atoms with van der Waals surface area (Å²) in [4.78, 5) is 51.0. The van der Waals surface area contributed by atoms with Crippen LogP contribution in [0.5, 0.6) is 28.7 Å². The van der Waals surface area contributed by atoms with E-state index in [9.17, 15) is 14.4 Å². The molecule has 0 aromatic heterocycles. The first-order valence-electron chi connectivity index (χ1n) is 21.1. The van der Waals surface area contributed by atoms with Gasteiger partial charge in [0, 0.05) is 37.7 Å². The summed E-state index contributed by atoms with van der Waals surface area (Å²) >= 11 is 0. The summed E-state index contributed by atoms with van der Waals surface area (Å²) in [5.41, 5.74) is 5.86. The van der Waals surface area contributed by atoms with Crippen LogP contribution in [0.25, 0.3) is 0 Å². The van der Waals surface area contributed by atoms with Crippen LogP contribution in [0.2, 0.25) is 0 Å². The number of amides is 2. The lowest BCUT2D eigenvalue weighted by molar-refractivity contribution is -0.138.